The molecule has 1 fully saturated rings. The van der Waals surface area contributed by atoms with Crippen LogP contribution in [0.15, 0.2) is 78.9 Å². The second-order valence-electron chi connectivity index (χ2n) is 11.8. The first kappa shape index (κ1) is 34.2. The highest BCUT2D eigenvalue weighted by atomic mass is 35.5. The lowest BCUT2D eigenvalue weighted by Crippen LogP contribution is -2.17. The quantitative estimate of drug-likeness (QED) is 0.117. The van der Waals surface area contributed by atoms with E-state index in [2.05, 4.69) is 18.2 Å². The third kappa shape index (κ3) is 9.92. The van der Waals surface area contributed by atoms with Gasteiger partial charge in [0.25, 0.3) is 0 Å². The molecular weight excluding hydrogens is 604 g/mol. The van der Waals surface area contributed by atoms with E-state index < -0.39 is 5.97 Å². The SMILES string of the molecule is CC(C)N.COC(=O)c1ccccc1CCCS[C@@H](c1cccc(C=Cc2ccc3ccc(Cl)cc3n2)c1)C1(CC(=O)O)CC1. The summed E-state index contributed by atoms with van der Waals surface area (Å²) in [5.74, 6) is -0.221. The highest BCUT2D eigenvalue weighted by Gasteiger charge is 2.51. The number of aromatic nitrogens is 1. The van der Waals surface area contributed by atoms with Crippen LogP contribution in [0.5, 0.6) is 0 Å². The van der Waals surface area contributed by atoms with Crippen LogP contribution < -0.4 is 5.73 Å². The number of halogens is 1. The van der Waals surface area contributed by atoms with Crippen molar-refractivity contribution in [3.8, 4) is 0 Å². The van der Waals surface area contributed by atoms with Crippen LogP contribution in [0.3, 0.4) is 0 Å². The number of esters is 1. The van der Waals surface area contributed by atoms with E-state index in [4.69, 9.17) is 27.1 Å². The zero-order valence-electron chi connectivity index (χ0n) is 26.0. The van der Waals surface area contributed by atoms with Crippen LogP contribution in [-0.4, -0.2) is 40.9 Å². The van der Waals surface area contributed by atoms with Gasteiger partial charge in [-0.25, -0.2) is 9.78 Å². The summed E-state index contributed by atoms with van der Waals surface area (Å²) in [6.07, 6.45) is 7.64. The average Bonchev–Trinajstić information content (AvgIpc) is 3.78. The van der Waals surface area contributed by atoms with Gasteiger partial charge >= 0.3 is 11.9 Å². The van der Waals surface area contributed by atoms with Gasteiger partial charge in [0.05, 0.1) is 30.3 Å². The Hall–Kier alpha value is -3.65. The molecule has 1 aliphatic rings. The van der Waals surface area contributed by atoms with Crippen molar-refractivity contribution in [2.24, 2.45) is 11.1 Å². The predicted octanol–water partition coefficient (Wildman–Crippen LogP) is 8.86. The molecule has 0 unspecified atom stereocenters. The molecule has 6 nitrogen and oxygen atoms in total. The molecule has 1 atom stereocenters. The van der Waals surface area contributed by atoms with Crippen molar-refractivity contribution in [1.29, 1.82) is 0 Å². The van der Waals surface area contributed by atoms with Gasteiger partial charge in [-0.2, -0.15) is 11.8 Å². The second-order valence-corrected chi connectivity index (χ2v) is 13.4. The van der Waals surface area contributed by atoms with Crippen molar-refractivity contribution in [2.75, 3.05) is 12.9 Å². The van der Waals surface area contributed by atoms with E-state index in [0.29, 0.717) is 16.6 Å². The fourth-order valence-corrected chi connectivity index (χ4v) is 7.06. The Bertz CT molecular complexity index is 1650. The number of fused-ring (bicyclic) bond motifs is 1. The molecule has 0 bridgehead atoms. The van der Waals surface area contributed by atoms with E-state index in [0.717, 1.165) is 64.7 Å². The first-order valence-electron chi connectivity index (χ1n) is 15.2. The molecule has 236 valence electrons. The number of aryl methyl sites for hydroxylation is 1. The normalized spacial score (nSPS) is 14.2. The van der Waals surface area contributed by atoms with Crippen molar-refractivity contribution in [1.82, 2.24) is 4.98 Å². The summed E-state index contributed by atoms with van der Waals surface area (Å²) >= 11 is 7.97. The fourth-order valence-electron chi connectivity index (χ4n) is 5.34. The summed E-state index contributed by atoms with van der Waals surface area (Å²) in [6, 6.07) is 26.0. The molecule has 4 aromatic rings. The number of ether oxygens (including phenoxy) is 1. The number of methoxy groups -OCH3 is 1. The number of carboxylic acid groups (broad SMARTS) is 1. The molecule has 1 heterocycles. The number of hydrogen-bond acceptors (Lipinski definition) is 6. The third-order valence-electron chi connectivity index (χ3n) is 7.59. The van der Waals surface area contributed by atoms with Crippen LogP contribution in [0, 0.1) is 5.41 Å². The van der Waals surface area contributed by atoms with Crippen molar-refractivity contribution in [3.05, 3.63) is 112 Å². The molecule has 8 heteroatoms. The van der Waals surface area contributed by atoms with Gasteiger partial charge in [-0.1, -0.05) is 86.1 Å². The van der Waals surface area contributed by atoms with Gasteiger partial charge < -0.3 is 15.6 Å². The molecule has 0 radical (unpaired) electrons. The number of hydrogen-bond donors (Lipinski definition) is 2. The first-order valence-corrected chi connectivity index (χ1v) is 16.6. The van der Waals surface area contributed by atoms with Crippen molar-refractivity contribution in [3.63, 3.8) is 0 Å². The summed E-state index contributed by atoms with van der Waals surface area (Å²) in [5.41, 5.74) is 10.3. The zero-order valence-corrected chi connectivity index (χ0v) is 27.6. The molecule has 5 rings (SSSR count). The van der Waals surface area contributed by atoms with Gasteiger partial charge in [0, 0.05) is 15.7 Å². The van der Waals surface area contributed by atoms with Crippen LogP contribution >= 0.6 is 23.4 Å². The van der Waals surface area contributed by atoms with Crippen molar-refractivity contribution >= 4 is 58.4 Å². The number of carboxylic acids is 1. The number of nitrogens with two attached hydrogens (primary N) is 1. The van der Waals surface area contributed by atoms with Crippen molar-refractivity contribution < 1.29 is 19.4 Å². The Morgan fingerprint density at radius 1 is 1.04 bits per heavy atom. The van der Waals surface area contributed by atoms with E-state index in [-0.39, 0.29) is 23.1 Å². The number of carbonyl (C=O) groups excluding carboxylic acids is 1. The Morgan fingerprint density at radius 3 is 2.49 bits per heavy atom. The minimum atomic E-state index is -0.751. The van der Waals surface area contributed by atoms with Crippen molar-refractivity contribution in [2.45, 2.75) is 57.2 Å². The van der Waals surface area contributed by atoms with Gasteiger partial charge in [0.15, 0.2) is 0 Å². The molecule has 0 aliphatic heterocycles. The first-order chi connectivity index (χ1) is 21.6. The molecule has 1 aliphatic carbocycles. The monoisotopic (exact) mass is 644 g/mol. The second kappa shape index (κ2) is 16.1. The Morgan fingerprint density at radius 2 is 1.78 bits per heavy atom. The third-order valence-corrected chi connectivity index (χ3v) is 9.45. The molecule has 3 N–H and O–H groups in total. The molecule has 1 saturated carbocycles. The van der Waals surface area contributed by atoms with E-state index in [1.54, 1.807) is 6.07 Å². The maximum absolute atomic E-state index is 12.2. The van der Waals surface area contributed by atoms with E-state index >= 15 is 0 Å². The average molecular weight is 645 g/mol. The number of carbonyl (C=O) groups is 2. The summed E-state index contributed by atoms with van der Waals surface area (Å²) in [5, 5.41) is 11.5. The van der Waals surface area contributed by atoms with Gasteiger partial charge in [-0.05, 0) is 89.9 Å². The fraction of sp³-hybridized carbons (Fsp3) is 0.324. The minimum Gasteiger partial charge on any atom is -0.481 e. The molecule has 0 saturated heterocycles. The van der Waals surface area contributed by atoms with Crippen LogP contribution in [0.1, 0.15) is 77.5 Å². The summed E-state index contributed by atoms with van der Waals surface area (Å²) in [6.45, 7) is 3.89. The lowest BCUT2D eigenvalue weighted by molar-refractivity contribution is -0.138. The Labute approximate surface area is 275 Å². The van der Waals surface area contributed by atoms with Gasteiger partial charge in [0.2, 0.25) is 0 Å². The number of nitrogens with zero attached hydrogens (tertiary/aromatic N) is 1. The number of aliphatic carboxylic acids is 1. The molecule has 0 spiro atoms. The number of pyridine rings is 1. The van der Waals surface area contributed by atoms with Crippen LogP contribution in [0.2, 0.25) is 5.02 Å². The van der Waals surface area contributed by atoms with Crippen LogP contribution in [0.25, 0.3) is 23.1 Å². The lowest BCUT2D eigenvalue weighted by Gasteiger charge is -2.26. The molecule has 1 aromatic heterocycles. The molecular formula is C37H41ClN2O4S. The van der Waals surface area contributed by atoms with E-state index in [1.807, 2.05) is 92.4 Å². The summed E-state index contributed by atoms with van der Waals surface area (Å²) in [7, 11) is 1.40. The van der Waals surface area contributed by atoms with E-state index in [1.165, 1.54) is 7.11 Å². The predicted molar refractivity (Wildman–Crippen MR) is 187 cm³/mol. The summed E-state index contributed by atoms with van der Waals surface area (Å²) < 4.78 is 4.94. The van der Waals surface area contributed by atoms with Crippen LogP contribution in [0.4, 0.5) is 0 Å². The molecule has 0 amide bonds. The lowest BCUT2D eigenvalue weighted by atomic mass is 9.91. The maximum Gasteiger partial charge on any atom is 0.338 e. The van der Waals surface area contributed by atoms with Gasteiger partial charge in [-0.3, -0.25) is 4.79 Å². The topological polar surface area (TPSA) is 103 Å². The standard InChI is InChI=1S/C34H32ClNO4S.C3H9N/c1-40-33(39)29-10-3-2-7-24(29)9-5-19-41-32(34(17-18-34)22-31(37)38)26-8-4-6-23(20-26)11-15-28-16-13-25-12-14-27(35)21-30(25)36-28;1-3(2)4/h2-4,6-8,10-16,20-21,32H,5,9,17-19,22H2,1H3,(H,37,38);3H,4H2,1-2H3/t32-;/m0./s1. The smallest absolute Gasteiger partial charge is 0.338 e. The Balaban J connectivity index is 0.00000109. The largest absolute Gasteiger partial charge is 0.481 e. The van der Waals surface area contributed by atoms with Gasteiger partial charge in [-0.15, -0.1) is 0 Å². The number of thioether (sulfide) groups is 1. The molecule has 3 aromatic carbocycles. The molecule has 45 heavy (non-hydrogen) atoms. The summed E-state index contributed by atoms with van der Waals surface area (Å²) in [4.78, 5) is 28.7. The van der Waals surface area contributed by atoms with Crippen LogP contribution in [-0.2, 0) is 16.0 Å². The van der Waals surface area contributed by atoms with E-state index in [9.17, 15) is 14.7 Å². The maximum atomic E-state index is 12.2. The minimum absolute atomic E-state index is 0.0729. The number of rotatable bonds is 12. The zero-order chi connectivity index (χ0) is 32.4. The van der Waals surface area contributed by atoms with Gasteiger partial charge in [0.1, 0.15) is 0 Å². The number of benzene rings is 3. The Kier molecular flexibility index (Phi) is 12.2. The highest BCUT2D eigenvalue weighted by Crippen LogP contribution is 2.62. The highest BCUT2D eigenvalue weighted by molar-refractivity contribution is 7.99.